The maximum Gasteiger partial charge on any atom is 0.322 e. The molecular weight excluding hydrogens is 286 g/mol. The SMILES string of the molecule is CCOc1ccc(CC(=O)NCCC2NC(=O)NC2=O)cc1. The molecule has 1 aromatic carbocycles. The zero-order valence-electron chi connectivity index (χ0n) is 12.3. The molecule has 22 heavy (non-hydrogen) atoms. The molecule has 1 atom stereocenters. The highest BCUT2D eigenvalue weighted by atomic mass is 16.5. The van der Waals surface area contributed by atoms with Gasteiger partial charge in [-0.2, -0.15) is 0 Å². The fourth-order valence-electron chi connectivity index (χ4n) is 2.14. The fourth-order valence-corrected chi connectivity index (χ4v) is 2.14. The summed E-state index contributed by atoms with van der Waals surface area (Å²) in [5.74, 6) is 0.286. The van der Waals surface area contributed by atoms with E-state index >= 15 is 0 Å². The molecule has 4 amide bonds. The van der Waals surface area contributed by atoms with Crippen LogP contribution in [-0.2, 0) is 16.0 Å². The number of carbonyl (C=O) groups is 3. The van der Waals surface area contributed by atoms with Gasteiger partial charge in [0.1, 0.15) is 11.8 Å². The molecule has 0 spiro atoms. The van der Waals surface area contributed by atoms with Gasteiger partial charge in [-0.05, 0) is 31.0 Å². The highest BCUT2D eigenvalue weighted by molar-refractivity contribution is 6.04. The molecule has 0 saturated carbocycles. The smallest absolute Gasteiger partial charge is 0.322 e. The molecule has 7 heteroatoms. The Morgan fingerprint density at radius 1 is 1.27 bits per heavy atom. The molecule has 7 nitrogen and oxygen atoms in total. The van der Waals surface area contributed by atoms with E-state index in [1.807, 2.05) is 31.2 Å². The summed E-state index contributed by atoms with van der Waals surface area (Å²) in [5.41, 5.74) is 0.882. The number of rotatable bonds is 7. The minimum Gasteiger partial charge on any atom is -0.494 e. The maximum atomic E-state index is 11.8. The van der Waals surface area contributed by atoms with E-state index in [-0.39, 0.29) is 18.2 Å². The van der Waals surface area contributed by atoms with Gasteiger partial charge in [-0.3, -0.25) is 14.9 Å². The van der Waals surface area contributed by atoms with E-state index in [1.54, 1.807) is 0 Å². The molecule has 3 N–H and O–H groups in total. The summed E-state index contributed by atoms with van der Waals surface area (Å²) in [7, 11) is 0. The Kier molecular flexibility index (Phi) is 5.35. The molecule has 118 valence electrons. The third-order valence-electron chi connectivity index (χ3n) is 3.21. The average molecular weight is 305 g/mol. The molecule has 0 aliphatic carbocycles. The van der Waals surface area contributed by atoms with E-state index in [0.717, 1.165) is 11.3 Å². The number of hydrogen-bond donors (Lipinski definition) is 3. The quantitative estimate of drug-likeness (QED) is 0.633. The summed E-state index contributed by atoms with van der Waals surface area (Å²) in [6.07, 6.45) is 0.627. The van der Waals surface area contributed by atoms with Gasteiger partial charge in [-0.25, -0.2) is 4.79 Å². The second kappa shape index (κ2) is 7.44. The lowest BCUT2D eigenvalue weighted by Crippen LogP contribution is -2.35. The maximum absolute atomic E-state index is 11.8. The van der Waals surface area contributed by atoms with Gasteiger partial charge in [0, 0.05) is 6.54 Å². The zero-order valence-corrected chi connectivity index (χ0v) is 12.3. The van der Waals surface area contributed by atoms with Crippen molar-refractivity contribution in [3.63, 3.8) is 0 Å². The van der Waals surface area contributed by atoms with Gasteiger partial charge >= 0.3 is 6.03 Å². The first-order chi connectivity index (χ1) is 10.6. The number of carbonyl (C=O) groups excluding carboxylic acids is 3. The van der Waals surface area contributed by atoms with Gasteiger partial charge in [0.05, 0.1) is 13.0 Å². The number of hydrogen-bond acceptors (Lipinski definition) is 4. The molecule has 1 saturated heterocycles. The van der Waals surface area contributed by atoms with Crippen molar-refractivity contribution >= 4 is 17.8 Å². The number of nitrogens with one attached hydrogen (secondary N) is 3. The van der Waals surface area contributed by atoms with Gasteiger partial charge < -0.3 is 15.4 Å². The number of benzene rings is 1. The zero-order chi connectivity index (χ0) is 15.9. The Bertz CT molecular complexity index is 556. The van der Waals surface area contributed by atoms with Crippen LogP contribution in [0.25, 0.3) is 0 Å². The van der Waals surface area contributed by atoms with Crippen LogP contribution >= 0.6 is 0 Å². The lowest BCUT2D eigenvalue weighted by molar-refractivity contribution is -0.122. The summed E-state index contributed by atoms with van der Waals surface area (Å²) in [4.78, 5) is 34.1. The van der Waals surface area contributed by atoms with E-state index in [2.05, 4.69) is 16.0 Å². The Balaban J connectivity index is 1.71. The second-order valence-corrected chi connectivity index (χ2v) is 4.91. The van der Waals surface area contributed by atoms with Crippen molar-refractivity contribution in [2.45, 2.75) is 25.8 Å². The molecule has 1 aliphatic rings. The predicted molar refractivity (Wildman–Crippen MR) is 79.4 cm³/mol. The van der Waals surface area contributed by atoms with Gasteiger partial charge in [0.2, 0.25) is 5.91 Å². The third-order valence-corrected chi connectivity index (χ3v) is 3.21. The number of amides is 4. The van der Waals surface area contributed by atoms with Crippen LogP contribution in [0.15, 0.2) is 24.3 Å². The molecular formula is C15H19N3O4. The lowest BCUT2D eigenvalue weighted by atomic mass is 10.1. The summed E-state index contributed by atoms with van der Waals surface area (Å²) < 4.78 is 5.33. The lowest BCUT2D eigenvalue weighted by Gasteiger charge is -2.09. The topological polar surface area (TPSA) is 96.5 Å². The highest BCUT2D eigenvalue weighted by Gasteiger charge is 2.28. The third kappa shape index (κ3) is 4.47. The standard InChI is InChI=1S/C15H19N3O4/c1-2-22-11-5-3-10(4-6-11)9-13(19)16-8-7-12-14(20)18-15(21)17-12/h3-6,12H,2,7-9H2,1H3,(H,16,19)(H2,17,18,20,21). The Hall–Kier alpha value is -2.57. The van der Waals surface area contributed by atoms with Crippen LogP contribution in [0.3, 0.4) is 0 Å². The Labute approximate surface area is 128 Å². The molecule has 2 rings (SSSR count). The Morgan fingerprint density at radius 2 is 2.00 bits per heavy atom. The van der Waals surface area contributed by atoms with E-state index in [0.29, 0.717) is 19.6 Å². The van der Waals surface area contributed by atoms with E-state index in [9.17, 15) is 14.4 Å². The largest absolute Gasteiger partial charge is 0.494 e. The normalized spacial score (nSPS) is 16.9. The van der Waals surface area contributed by atoms with Crippen molar-refractivity contribution < 1.29 is 19.1 Å². The van der Waals surface area contributed by atoms with Crippen molar-refractivity contribution in [3.8, 4) is 5.75 Å². The average Bonchev–Trinajstić information content (AvgIpc) is 2.79. The molecule has 1 heterocycles. The van der Waals surface area contributed by atoms with E-state index in [1.165, 1.54) is 0 Å². The van der Waals surface area contributed by atoms with Crippen molar-refractivity contribution in [2.24, 2.45) is 0 Å². The molecule has 0 aromatic heterocycles. The van der Waals surface area contributed by atoms with E-state index in [4.69, 9.17) is 4.74 Å². The van der Waals surface area contributed by atoms with Crippen molar-refractivity contribution in [1.82, 2.24) is 16.0 Å². The molecule has 1 fully saturated rings. The van der Waals surface area contributed by atoms with Crippen LogP contribution in [0, 0.1) is 0 Å². The minimum atomic E-state index is -0.571. The molecule has 0 radical (unpaired) electrons. The number of urea groups is 1. The summed E-state index contributed by atoms with van der Waals surface area (Å²) >= 11 is 0. The van der Waals surface area contributed by atoms with Crippen molar-refractivity contribution in [1.29, 1.82) is 0 Å². The summed E-state index contributed by atoms with van der Waals surface area (Å²) in [5, 5.41) is 7.36. The van der Waals surface area contributed by atoms with Gasteiger partial charge in [-0.1, -0.05) is 12.1 Å². The van der Waals surface area contributed by atoms with Crippen molar-refractivity contribution in [3.05, 3.63) is 29.8 Å². The van der Waals surface area contributed by atoms with Crippen LogP contribution in [0.1, 0.15) is 18.9 Å². The molecule has 1 aromatic rings. The summed E-state index contributed by atoms with van der Waals surface area (Å²) in [6, 6.07) is 6.27. The Morgan fingerprint density at radius 3 is 2.59 bits per heavy atom. The van der Waals surface area contributed by atoms with Crippen molar-refractivity contribution in [2.75, 3.05) is 13.2 Å². The van der Waals surface area contributed by atoms with E-state index < -0.39 is 12.1 Å². The summed E-state index contributed by atoms with van der Waals surface area (Å²) in [6.45, 7) is 2.84. The highest BCUT2D eigenvalue weighted by Crippen LogP contribution is 2.12. The van der Waals surface area contributed by atoms with Crippen LogP contribution in [-0.4, -0.2) is 37.0 Å². The van der Waals surface area contributed by atoms with Gasteiger partial charge in [-0.15, -0.1) is 0 Å². The van der Waals surface area contributed by atoms with Crippen LogP contribution in [0.5, 0.6) is 5.75 Å². The number of ether oxygens (including phenoxy) is 1. The monoisotopic (exact) mass is 305 g/mol. The predicted octanol–water partition coefficient (Wildman–Crippen LogP) is 0.342. The molecule has 1 aliphatic heterocycles. The second-order valence-electron chi connectivity index (χ2n) is 4.91. The first-order valence-corrected chi connectivity index (χ1v) is 7.18. The molecule has 1 unspecified atom stereocenters. The fraction of sp³-hybridized carbons (Fsp3) is 0.400. The number of imide groups is 1. The van der Waals surface area contributed by atoms with Gasteiger partial charge in [0.15, 0.2) is 0 Å². The van der Waals surface area contributed by atoms with Crippen LogP contribution in [0.4, 0.5) is 4.79 Å². The first kappa shape index (κ1) is 15.8. The van der Waals surface area contributed by atoms with Crippen LogP contribution in [0.2, 0.25) is 0 Å². The minimum absolute atomic E-state index is 0.131. The van der Waals surface area contributed by atoms with Gasteiger partial charge in [0.25, 0.3) is 5.91 Å². The first-order valence-electron chi connectivity index (χ1n) is 7.18. The molecule has 0 bridgehead atoms. The van der Waals surface area contributed by atoms with Crippen LogP contribution < -0.4 is 20.7 Å².